The van der Waals surface area contributed by atoms with E-state index in [1.807, 2.05) is 19.1 Å². The molecule has 0 aliphatic carbocycles. The second-order valence-corrected chi connectivity index (χ2v) is 25.7. The second kappa shape index (κ2) is 28.6. The third kappa shape index (κ3) is 15.9. The summed E-state index contributed by atoms with van der Waals surface area (Å²) in [7, 11) is -2.68. The van der Waals surface area contributed by atoms with E-state index in [4.69, 9.17) is 38.9 Å². The average molecular weight is 1420 g/mol. The van der Waals surface area contributed by atoms with Crippen molar-refractivity contribution in [1.82, 2.24) is 0 Å². The van der Waals surface area contributed by atoms with E-state index in [9.17, 15) is 70.8 Å². The molecule has 3 heterocycles. The van der Waals surface area contributed by atoms with Crippen LogP contribution in [0.1, 0.15) is 99.7 Å². The van der Waals surface area contributed by atoms with E-state index in [1.165, 1.54) is 38.5 Å². The summed E-state index contributed by atoms with van der Waals surface area (Å²) >= 11 is 0. The van der Waals surface area contributed by atoms with E-state index in [1.54, 1.807) is 133 Å². The van der Waals surface area contributed by atoms with Crippen molar-refractivity contribution in [3.63, 3.8) is 0 Å². The molecule has 0 aromatic heterocycles. The molecular weight excluding hydrogens is 1350 g/mol. The maximum Gasteiger partial charge on any atom is 0.762 e. The van der Waals surface area contributed by atoms with Gasteiger partial charge in [-0.3, -0.25) is 23.0 Å². The summed E-state index contributed by atoms with van der Waals surface area (Å²) in [5.74, 6) is 0.563. The van der Waals surface area contributed by atoms with Gasteiger partial charge < -0.3 is 44.0 Å². The number of nitrogens with two attached hydrogens (primary N) is 1. The van der Waals surface area contributed by atoms with Gasteiger partial charge in [0.15, 0.2) is 0 Å². The van der Waals surface area contributed by atoms with Gasteiger partial charge in [0.1, 0.15) is 52.3 Å². The number of benzene rings is 9. The Hall–Kier alpha value is -10.2. The van der Waals surface area contributed by atoms with Crippen molar-refractivity contribution < 1.29 is 104 Å². The van der Waals surface area contributed by atoms with Crippen molar-refractivity contribution in [2.24, 2.45) is 0 Å². The van der Waals surface area contributed by atoms with Crippen LogP contribution in [0.5, 0.6) is 34.5 Å². The molecular formula is C72H64BF12N3O11S. The first-order valence-corrected chi connectivity index (χ1v) is 32.0. The number of amides is 1. The first kappa shape index (κ1) is 74.0. The van der Waals surface area contributed by atoms with Crippen molar-refractivity contribution >= 4 is 40.7 Å². The Morgan fingerprint density at radius 1 is 0.540 bits per heavy atom. The van der Waals surface area contributed by atoms with Gasteiger partial charge in [0.25, 0.3) is 5.79 Å². The van der Waals surface area contributed by atoms with Gasteiger partial charge in [-0.05, 0) is 177 Å². The number of halogens is 12. The summed E-state index contributed by atoms with van der Waals surface area (Å²) in [5, 5.41) is 14.6. The van der Waals surface area contributed by atoms with Gasteiger partial charge in [-0.2, -0.15) is 39.5 Å². The predicted octanol–water partition coefficient (Wildman–Crippen LogP) is 18.8. The molecule has 28 heteroatoms. The number of anilines is 3. The molecule has 3 atom stereocenters. The van der Waals surface area contributed by atoms with E-state index in [0.29, 0.717) is 95.9 Å². The number of ether oxygens (including phenoxy) is 7. The van der Waals surface area contributed by atoms with Gasteiger partial charge in [-0.15, -0.1) is 0 Å². The summed E-state index contributed by atoms with van der Waals surface area (Å²) in [6, 6.07) is 40.3. The maximum atomic E-state index is 13.5. The third-order valence-corrected chi connectivity index (χ3v) is 16.7. The Kier molecular flexibility index (Phi) is 21.1. The van der Waals surface area contributed by atoms with E-state index < -0.39 is 82.5 Å². The molecule has 3 aliphatic heterocycles. The first-order chi connectivity index (χ1) is 46.8. The molecule has 9 aromatic carbocycles. The summed E-state index contributed by atoms with van der Waals surface area (Å²) in [4.78, 5) is 12.5. The fraction of sp³-hybridized carbons (Fsp3) is 0.236. The van der Waals surface area contributed by atoms with Crippen molar-refractivity contribution in [1.29, 1.82) is 0 Å². The number of aliphatic hydroxyl groups is 1. The number of nitrogens with one attached hydrogen (secondary N) is 2. The molecule has 0 bridgehead atoms. The number of hydrogen-bond acceptors (Lipinski definition) is 12. The Balaban J connectivity index is 0.000000171. The smallest absolute Gasteiger partial charge is 0.496 e. The minimum absolute atomic E-state index is 0.121. The molecule has 100 heavy (non-hydrogen) atoms. The van der Waals surface area contributed by atoms with Crippen LogP contribution >= 0.6 is 0 Å². The van der Waals surface area contributed by atoms with Crippen LogP contribution in [-0.2, 0) is 39.1 Å². The molecule has 0 fully saturated rings. The van der Waals surface area contributed by atoms with E-state index in [0.717, 1.165) is 64.9 Å². The molecule has 3 aliphatic rings. The van der Waals surface area contributed by atoms with Crippen molar-refractivity contribution in [3.05, 3.63) is 231 Å². The molecule has 14 nitrogen and oxygen atoms in total. The van der Waals surface area contributed by atoms with Crippen LogP contribution in [0.2, 0.25) is 0 Å². The lowest BCUT2D eigenvalue weighted by molar-refractivity contribution is -0.139. The highest BCUT2D eigenvalue weighted by atomic mass is 32.2. The highest BCUT2D eigenvalue weighted by Crippen LogP contribution is 2.56. The highest BCUT2D eigenvalue weighted by molar-refractivity contribution is 7.92. The summed E-state index contributed by atoms with van der Waals surface area (Å²) < 4.78 is 216. The molecule has 0 spiro atoms. The number of hydrogen-bond donors (Lipinski definition) is 4. The van der Waals surface area contributed by atoms with Crippen molar-refractivity contribution in [2.75, 3.05) is 43.4 Å². The van der Waals surface area contributed by atoms with Gasteiger partial charge >= 0.3 is 32.2 Å². The zero-order chi connectivity index (χ0) is 73.4. The molecule has 526 valence electrons. The Bertz CT molecular complexity index is 4680. The summed E-state index contributed by atoms with van der Waals surface area (Å²) in [6.45, 7) is 10.3. The van der Waals surface area contributed by atoms with Gasteiger partial charge in [-0.25, -0.2) is 13.2 Å². The van der Waals surface area contributed by atoms with Crippen LogP contribution in [0.25, 0.3) is 33.4 Å². The monoisotopic (exact) mass is 1420 g/mol. The second-order valence-electron chi connectivity index (χ2n) is 23.9. The van der Waals surface area contributed by atoms with Crippen LogP contribution in [0, 0.1) is 20.8 Å². The van der Waals surface area contributed by atoms with Crippen LogP contribution in [0.3, 0.4) is 0 Å². The summed E-state index contributed by atoms with van der Waals surface area (Å²) in [5.41, 5.74) is 11.9. The lowest BCUT2D eigenvalue weighted by Gasteiger charge is -2.38. The Morgan fingerprint density at radius 3 is 1.39 bits per heavy atom. The highest BCUT2D eigenvalue weighted by Gasteiger charge is 2.46. The van der Waals surface area contributed by atoms with E-state index in [-0.39, 0.29) is 16.9 Å². The Labute approximate surface area is 567 Å². The van der Waals surface area contributed by atoms with Crippen LogP contribution in [0.15, 0.2) is 164 Å². The third-order valence-electron chi connectivity index (χ3n) is 16.1. The first-order valence-electron chi connectivity index (χ1n) is 30.1. The number of nitrogen functional groups attached to an aromatic ring is 1. The van der Waals surface area contributed by atoms with E-state index >= 15 is 0 Å². The lowest BCUT2D eigenvalue weighted by atomic mass is 9.83. The topological polar surface area (TPSA) is 186 Å². The standard InChI is InChI=1S/C27H26F3NO5.C23H20F3NO4S.C22H18F3NO2.BF3/c1-15-19(31-24(32)36-25(2,3)4)13-12-18-22-20(34-5)10-7-11-21(22)35-26(33,23(15)18)16-8-6-9-17(14-16)27(28,29)30;1-13-17(27-32(3,28)29)11-10-16-20(13)22(14-6-4-7-15(12-14)23(24,25)26)31-19-9-5-8-18(30-2)21(16)19;1-12-16(26)10-9-15-19(12)21(13-5-3-6-14(11-13)22(23,24)25)28-18-8-4-7-17(27-2)20(15)18;2-1(3)4/h6-14,33H,1-5H3,(H,31,32);4-12,22,27H,1-3H3;3-11,21H,26H2,1-2H3;. The predicted molar refractivity (Wildman–Crippen MR) is 354 cm³/mol. The minimum atomic E-state index is -4.62. The van der Waals surface area contributed by atoms with Gasteiger partial charge in [-0.1, -0.05) is 72.8 Å². The minimum Gasteiger partial charge on any atom is -0.496 e. The molecule has 1 amide bonds. The zero-order valence-electron chi connectivity index (χ0n) is 54.9. The quantitative estimate of drug-likeness (QED) is 0.0610. The average Bonchev–Trinajstić information content (AvgIpc) is 0.703. The fourth-order valence-corrected chi connectivity index (χ4v) is 12.5. The number of fused-ring (bicyclic) bond motifs is 9. The largest absolute Gasteiger partial charge is 0.762 e. The SMILES string of the molecule is COc1cccc2c1-c1ccc(N)c(C)c1C(c1cccc(C(F)(F)F)c1)O2.COc1cccc2c1-c1ccc(NC(=O)OC(C)(C)C)c(C)c1C(O)(c1cccc(C(F)(F)F)c1)O2.COc1cccc2c1-c1ccc(NS(C)(=O)=O)c(C)c1C(c1cccc(C(F)(F)F)c1)O2.FB(F)F. The normalized spacial score (nSPS) is 15.6. The van der Waals surface area contributed by atoms with Gasteiger partial charge in [0.05, 0.1) is 66.7 Å². The van der Waals surface area contributed by atoms with Crippen LogP contribution in [-0.4, -0.2) is 60.3 Å². The molecule has 12 rings (SSSR count). The molecule has 5 N–H and O–H groups in total. The number of carbonyl (C=O) groups is 1. The fourth-order valence-electron chi connectivity index (χ4n) is 11.8. The number of rotatable bonds is 9. The zero-order valence-corrected chi connectivity index (χ0v) is 55.7. The van der Waals surface area contributed by atoms with Gasteiger partial charge in [0, 0.05) is 33.6 Å². The number of carbonyl (C=O) groups excluding carboxylic acids is 1. The molecule has 9 aromatic rings. The van der Waals surface area contributed by atoms with E-state index in [2.05, 4.69) is 10.0 Å². The van der Waals surface area contributed by atoms with Crippen molar-refractivity contribution in [2.45, 2.75) is 83.7 Å². The van der Waals surface area contributed by atoms with Crippen LogP contribution < -0.4 is 44.2 Å². The maximum absolute atomic E-state index is 13.5. The number of methoxy groups -OCH3 is 3. The molecule has 0 radical (unpaired) electrons. The van der Waals surface area contributed by atoms with Crippen molar-refractivity contribution in [3.8, 4) is 67.9 Å². The Morgan fingerprint density at radius 2 is 0.940 bits per heavy atom. The molecule has 3 unspecified atom stereocenters. The lowest BCUT2D eigenvalue weighted by Crippen LogP contribution is -2.38. The molecule has 0 saturated heterocycles. The summed E-state index contributed by atoms with van der Waals surface area (Å²) in [6.07, 6.45) is -14.8. The van der Waals surface area contributed by atoms with Crippen LogP contribution in [0.4, 0.5) is 74.3 Å². The number of alkyl halides is 9. The van der Waals surface area contributed by atoms with Gasteiger partial charge in [0.2, 0.25) is 10.0 Å². The number of sulfonamides is 1. The molecule has 0 saturated carbocycles.